The highest BCUT2D eigenvalue weighted by molar-refractivity contribution is 6.30. The van der Waals surface area contributed by atoms with Crippen molar-refractivity contribution in [3.63, 3.8) is 0 Å². The van der Waals surface area contributed by atoms with Crippen molar-refractivity contribution in [1.29, 1.82) is 0 Å². The number of rotatable bonds is 8. The van der Waals surface area contributed by atoms with Gasteiger partial charge in [-0.25, -0.2) is 4.39 Å². The van der Waals surface area contributed by atoms with Crippen LogP contribution in [-0.4, -0.2) is 45.3 Å². The SMILES string of the molecule is CC[C@@](O)(c1cc(F)c2c(c1)C(=O)N([C@H](c1ccc(Cl)cc1)[C@H](C)C(=O)O)C2(O)c1ccc(Cl)cc1)C1CCOCC1. The van der Waals surface area contributed by atoms with Gasteiger partial charge < -0.3 is 20.1 Å². The van der Waals surface area contributed by atoms with Gasteiger partial charge in [0.05, 0.1) is 28.7 Å². The number of halogens is 3. The third-order valence-electron chi connectivity index (χ3n) is 8.77. The van der Waals surface area contributed by atoms with E-state index in [1.807, 2.05) is 0 Å². The predicted octanol–water partition coefficient (Wildman–Crippen LogP) is 6.27. The minimum absolute atomic E-state index is 0.123. The minimum Gasteiger partial charge on any atom is -0.481 e. The summed E-state index contributed by atoms with van der Waals surface area (Å²) in [6.45, 7) is 4.13. The molecule has 2 heterocycles. The van der Waals surface area contributed by atoms with Crippen LogP contribution in [0.4, 0.5) is 4.39 Å². The van der Waals surface area contributed by atoms with Crippen molar-refractivity contribution in [2.75, 3.05) is 13.2 Å². The lowest BCUT2D eigenvalue weighted by molar-refractivity contribution is -0.147. The first-order chi connectivity index (χ1) is 19.9. The quantitative estimate of drug-likeness (QED) is 0.276. The van der Waals surface area contributed by atoms with E-state index < -0.39 is 41.0 Å². The highest BCUT2D eigenvalue weighted by Gasteiger charge is 2.57. The highest BCUT2D eigenvalue weighted by Crippen LogP contribution is 2.51. The molecule has 0 bridgehead atoms. The van der Waals surface area contributed by atoms with E-state index in [4.69, 9.17) is 27.9 Å². The lowest BCUT2D eigenvalue weighted by Crippen LogP contribution is -2.49. The molecule has 222 valence electrons. The summed E-state index contributed by atoms with van der Waals surface area (Å²) < 4.78 is 21.9. The zero-order valence-electron chi connectivity index (χ0n) is 23.2. The summed E-state index contributed by atoms with van der Waals surface area (Å²) in [5, 5.41) is 35.3. The van der Waals surface area contributed by atoms with Gasteiger partial charge in [0.1, 0.15) is 5.82 Å². The zero-order chi connectivity index (χ0) is 30.4. The van der Waals surface area contributed by atoms with E-state index in [9.17, 15) is 24.9 Å². The van der Waals surface area contributed by atoms with Gasteiger partial charge in [0.2, 0.25) is 0 Å². The third kappa shape index (κ3) is 4.99. The number of ether oxygens (including phenoxy) is 1. The molecule has 0 saturated carbocycles. The molecule has 0 radical (unpaired) electrons. The summed E-state index contributed by atoms with van der Waals surface area (Å²) in [7, 11) is 0. The molecule has 2 aliphatic heterocycles. The topological polar surface area (TPSA) is 107 Å². The number of aliphatic carboxylic acids is 1. The molecule has 0 aliphatic carbocycles. The van der Waals surface area contributed by atoms with Gasteiger partial charge in [-0.1, -0.05) is 54.4 Å². The first-order valence-corrected chi connectivity index (χ1v) is 14.6. The second-order valence-corrected chi connectivity index (χ2v) is 11.9. The van der Waals surface area contributed by atoms with Crippen LogP contribution >= 0.6 is 23.2 Å². The van der Waals surface area contributed by atoms with E-state index >= 15 is 4.39 Å². The molecule has 1 unspecified atom stereocenters. The number of fused-ring (bicyclic) bond motifs is 1. The monoisotopic (exact) mass is 615 g/mol. The Hall–Kier alpha value is -3.01. The normalized spacial score (nSPS) is 22.0. The summed E-state index contributed by atoms with van der Waals surface area (Å²) in [5.41, 5.74) is -3.60. The van der Waals surface area contributed by atoms with Crippen LogP contribution in [0.2, 0.25) is 10.0 Å². The predicted molar refractivity (Wildman–Crippen MR) is 156 cm³/mol. The summed E-state index contributed by atoms with van der Waals surface area (Å²) in [5.74, 6) is -4.35. The van der Waals surface area contributed by atoms with Crippen LogP contribution in [0.3, 0.4) is 0 Å². The number of carbonyl (C=O) groups is 2. The molecule has 5 rings (SSSR count). The van der Waals surface area contributed by atoms with Gasteiger partial charge in [-0.3, -0.25) is 14.5 Å². The van der Waals surface area contributed by atoms with E-state index in [1.54, 1.807) is 31.2 Å². The molecule has 0 spiro atoms. The standard InChI is InChI=1S/C32H32Cl2FNO6/c1-3-31(40,20-12-14-42-15-13-20)22-16-25-27(26(35)17-22)32(41,21-6-10-24(34)11-7-21)36(29(25)37)28(18(2)30(38)39)19-4-8-23(33)9-5-19/h4-11,16-18,20,28,40-41H,3,12-15H2,1-2H3,(H,38,39)/t18-,28-,31-,32?/m0/s1. The average molecular weight is 617 g/mol. The summed E-state index contributed by atoms with van der Waals surface area (Å²) in [6.07, 6.45) is 1.39. The second-order valence-electron chi connectivity index (χ2n) is 11.0. The molecule has 0 aromatic heterocycles. The molecule has 4 atom stereocenters. The molecule has 3 N–H and O–H groups in total. The summed E-state index contributed by atoms with van der Waals surface area (Å²) in [6, 6.07) is 13.6. The smallest absolute Gasteiger partial charge is 0.308 e. The van der Waals surface area contributed by atoms with Crippen molar-refractivity contribution in [2.45, 2.75) is 50.5 Å². The van der Waals surface area contributed by atoms with Crippen LogP contribution in [0.25, 0.3) is 0 Å². The van der Waals surface area contributed by atoms with Crippen LogP contribution in [0.1, 0.15) is 71.8 Å². The Kier molecular flexibility index (Phi) is 8.40. The molecule has 3 aromatic rings. The number of benzene rings is 3. The molecule has 1 fully saturated rings. The molecule has 2 aliphatic rings. The number of hydrogen-bond acceptors (Lipinski definition) is 5. The number of carboxylic acid groups (broad SMARTS) is 1. The minimum atomic E-state index is -2.41. The maximum Gasteiger partial charge on any atom is 0.308 e. The number of amides is 1. The number of carbonyl (C=O) groups excluding carboxylic acids is 1. The Balaban J connectivity index is 1.76. The van der Waals surface area contributed by atoms with Crippen molar-refractivity contribution in [3.8, 4) is 0 Å². The van der Waals surface area contributed by atoms with Gasteiger partial charge in [0, 0.05) is 28.8 Å². The zero-order valence-corrected chi connectivity index (χ0v) is 24.7. The van der Waals surface area contributed by atoms with Gasteiger partial charge in [0.25, 0.3) is 5.91 Å². The lowest BCUT2D eigenvalue weighted by Gasteiger charge is -2.42. The Morgan fingerprint density at radius 3 is 2.21 bits per heavy atom. The Labute approximate surface area is 253 Å². The Bertz CT molecular complexity index is 1490. The molecule has 1 amide bonds. The Morgan fingerprint density at radius 1 is 1.10 bits per heavy atom. The highest BCUT2D eigenvalue weighted by atomic mass is 35.5. The first kappa shape index (κ1) is 30.4. The molecular formula is C32H32Cl2FNO6. The molecule has 1 saturated heterocycles. The maximum absolute atomic E-state index is 16.4. The van der Waals surface area contributed by atoms with E-state index in [-0.39, 0.29) is 34.6 Å². The van der Waals surface area contributed by atoms with E-state index in [0.29, 0.717) is 41.7 Å². The van der Waals surface area contributed by atoms with Crippen molar-refractivity contribution in [1.82, 2.24) is 4.90 Å². The van der Waals surface area contributed by atoms with Crippen molar-refractivity contribution in [2.24, 2.45) is 11.8 Å². The Morgan fingerprint density at radius 2 is 1.67 bits per heavy atom. The molecule has 7 nitrogen and oxygen atoms in total. The van der Waals surface area contributed by atoms with E-state index in [1.165, 1.54) is 43.3 Å². The summed E-state index contributed by atoms with van der Waals surface area (Å²) >= 11 is 12.2. The van der Waals surface area contributed by atoms with Gasteiger partial charge in [-0.2, -0.15) is 0 Å². The number of aliphatic hydroxyl groups is 2. The van der Waals surface area contributed by atoms with Gasteiger partial charge >= 0.3 is 5.97 Å². The largest absolute Gasteiger partial charge is 0.481 e. The van der Waals surface area contributed by atoms with Gasteiger partial charge in [0.15, 0.2) is 5.72 Å². The van der Waals surface area contributed by atoms with Crippen LogP contribution in [0.15, 0.2) is 60.7 Å². The second kappa shape index (κ2) is 11.6. The molecular weight excluding hydrogens is 584 g/mol. The maximum atomic E-state index is 16.4. The summed E-state index contributed by atoms with van der Waals surface area (Å²) in [4.78, 5) is 27.8. The fourth-order valence-corrected chi connectivity index (χ4v) is 6.68. The third-order valence-corrected chi connectivity index (χ3v) is 9.28. The van der Waals surface area contributed by atoms with Crippen LogP contribution < -0.4 is 0 Å². The number of nitrogens with zero attached hydrogens (tertiary/aromatic N) is 1. The first-order valence-electron chi connectivity index (χ1n) is 13.9. The van der Waals surface area contributed by atoms with Crippen LogP contribution in [0.5, 0.6) is 0 Å². The van der Waals surface area contributed by atoms with Crippen molar-refractivity contribution >= 4 is 35.1 Å². The molecule has 10 heteroatoms. The van der Waals surface area contributed by atoms with Crippen molar-refractivity contribution in [3.05, 3.63) is 104 Å². The fraction of sp³-hybridized carbons (Fsp3) is 0.375. The number of hydrogen-bond donors (Lipinski definition) is 3. The van der Waals surface area contributed by atoms with Crippen LogP contribution in [0, 0.1) is 17.7 Å². The lowest BCUT2D eigenvalue weighted by atomic mass is 9.74. The van der Waals surface area contributed by atoms with E-state index in [0.717, 1.165) is 4.90 Å². The van der Waals surface area contributed by atoms with E-state index in [2.05, 4.69) is 0 Å². The molecule has 42 heavy (non-hydrogen) atoms. The number of carboxylic acids is 1. The van der Waals surface area contributed by atoms with Gasteiger partial charge in [-0.05, 0) is 79.6 Å². The fourth-order valence-electron chi connectivity index (χ4n) is 6.43. The van der Waals surface area contributed by atoms with Crippen LogP contribution in [-0.2, 0) is 20.9 Å². The van der Waals surface area contributed by atoms with Crippen molar-refractivity contribution < 1.29 is 34.0 Å². The average Bonchev–Trinajstić information content (AvgIpc) is 3.21. The van der Waals surface area contributed by atoms with Gasteiger partial charge in [-0.15, -0.1) is 0 Å². The molecule has 3 aromatic carbocycles.